The fraction of sp³-hybridized carbons (Fsp3) is 0.235. The molecule has 108 valence electrons. The molecule has 0 fully saturated rings. The molecule has 0 amide bonds. The maximum atomic E-state index is 5.69. The van der Waals surface area contributed by atoms with Crippen LogP contribution in [0, 0.1) is 0 Å². The van der Waals surface area contributed by atoms with Crippen LogP contribution < -0.4 is 9.47 Å². The summed E-state index contributed by atoms with van der Waals surface area (Å²) in [6, 6.07) is 15.9. The minimum atomic E-state index is -0.146. The maximum Gasteiger partial charge on any atom is 0.171 e. The van der Waals surface area contributed by atoms with Gasteiger partial charge in [0.2, 0.25) is 0 Å². The number of aliphatic imine (C=N–C) groups is 1. The van der Waals surface area contributed by atoms with Gasteiger partial charge in [0.25, 0.3) is 0 Å². The predicted molar refractivity (Wildman–Crippen MR) is 81.0 cm³/mol. The Morgan fingerprint density at radius 3 is 2.38 bits per heavy atom. The zero-order chi connectivity index (χ0) is 14.7. The Hall–Kier alpha value is -2.49. The molecule has 2 atom stereocenters. The molecule has 2 unspecified atom stereocenters. The molecule has 4 nitrogen and oxygen atoms in total. The molecule has 2 aromatic rings. The number of hydrogen-bond donors (Lipinski definition) is 0. The number of ether oxygens (including phenoxy) is 3. The molecule has 0 aliphatic carbocycles. The molecule has 1 aliphatic rings. The first-order chi connectivity index (χ1) is 10.3. The second-order valence-corrected chi connectivity index (χ2v) is 4.78. The molecule has 4 heteroatoms. The van der Waals surface area contributed by atoms with Crippen LogP contribution in [-0.2, 0) is 4.74 Å². The molecule has 0 saturated heterocycles. The van der Waals surface area contributed by atoms with E-state index in [1.807, 2.05) is 36.4 Å². The highest BCUT2D eigenvalue weighted by Gasteiger charge is 2.29. The van der Waals surface area contributed by atoms with Gasteiger partial charge < -0.3 is 14.2 Å². The van der Waals surface area contributed by atoms with Gasteiger partial charge >= 0.3 is 0 Å². The van der Waals surface area contributed by atoms with Crippen molar-refractivity contribution in [2.24, 2.45) is 4.99 Å². The lowest BCUT2D eigenvalue weighted by Gasteiger charge is -2.19. The summed E-state index contributed by atoms with van der Waals surface area (Å²) in [5.74, 6) is 1.40. The van der Waals surface area contributed by atoms with E-state index in [0.29, 0.717) is 11.5 Å². The minimum absolute atomic E-state index is 0.0377. The lowest BCUT2D eigenvalue weighted by molar-refractivity contribution is 0.204. The first kappa shape index (κ1) is 13.5. The summed E-state index contributed by atoms with van der Waals surface area (Å²) < 4.78 is 16.3. The van der Waals surface area contributed by atoms with Crippen LogP contribution in [0.5, 0.6) is 11.5 Å². The van der Waals surface area contributed by atoms with Crippen LogP contribution in [0.15, 0.2) is 53.5 Å². The van der Waals surface area contributed by atoms with Crippen molar-refractivity contribution in [1.82, 2.24) is 0 Å². The largest absolute Gasteiger partial charge is 0.493 e. The van der Waals surface area contributed by atoms with Gasteiger partial charge in [0.15, 0.2) is 24.0 Å². The van der Waals surface area contributed by atoms with Crippen LogP contribution in [0.4, 0.5) is 0 Å². The van der Waals surface area contributed by atoms with Crippen molar-refractivity contribution in [2.75, 3.05) is 14.2 Å². The fourth-order valence-corrected chi connectivity index (χ4v) is 2.52. The van der Waals surface area contributed by atoms with E-state index in [0.717, 1.165) is 11.1 Å². The predicted octanol–water partition coefficient (Wildman–Crippen LogP) is 3.54. The molecule has 1 heterocycles. The van der Waals surface area contributed by atoms with E-state index in [4.69, 9.17) is 14.2 Å². The molecule has 0 spiro atoms. The molecular formula is C17H17NO3. The lowest BCUT2D eigenvalue weighted by Crippen LogP contribution is -2.07. The Morgan fingerprint density at radius 2 is 1.67 bits per heavy atom. The molecule has 21 heavy (non-hydrogen) atoms. The third-order valence-electron chi connectivity index (χ3n) is 3.59. The molecule has 0 radical (unpaired) electrons. The van der Waals surface area contributed by atoms with Crippen molar-refractivity contribution in [3.8, 4) is 11.5 Å². The van der Waals surface area contributed by atoms with Crippen molar-refractivity contribution >= 4 is 6.40 Å². The number of methoxy groups -OCH3 is 2. The van der Waals surface area contributed by atoms with Crippen LogP contribution in [-0.4, -0.2) is 20.6 Å². The zero-order valence-electron chi connectivity index (χ0n) is 12.0. The number of rotatable bonds is 4. The van der Waals surface area contributed by atoms with Crippen molar-refractivity contribution in [2.45, 2.75) is 12.1 Å². The van der Waals surface area contributed by atoms with Crippen LogP contribution >= 0.6 is 0 Å². The van der Waals surface area contributed by atoms with Crippen LogP contribution in [0.1, 0.15) is 23.3 Å². The van der Waals surface area contributed by atoms with Gasteiger partial charge in [-0.3, -0.25) is 0 Å². The van der Waals surface area contributed by atoms with Gasteiger partial charge in [-0.25, -0.2) is 4.99 Å². The first-order valence-corrected chi connectivity index (χ1v) is 6.77. The monoisotopic (exact) mass is 283 g/mol. The fourth-order valence-electron chi connectivity index (χ4n) is 2.52. The summed E-state index contributed by atoms with van der Waals surface area (Å²) in [6.45, 7) is 0. The second kappa shape index (κ2) is 5.87. The van der Waals surface area contributed by atoms with Gasteiger partial charge in [-0.05, 0) is 23.3 Å². The smallest absolute Gasteiger partial charge is 0.171 e. The summed E-state index contributed by atoms with van der Waals surface area (Å²) in [4.78, 5) is 4.44. The average molecular weight is 283 g/mol. The van der Waals surface area contributed by atoms with Gasteiger partial charge in [-0.1, -0.05) is 36.4 Å². The van der Waals surface area contributed by atoms with Gasteiger partial charge in [0.1, 0.15) is 6.04 Å². The van der Waals surface area contributed by atoms with E-state index >= 15 is 0 Å². The van der Waals surface area contributed by atoms with Crippen LogP contribution in [0.25, 0.3) is 0 Å². The van der Waals surface area contributed by atoms with Gasteiger partial charge in [0, 0.05) is 0 Å². The van der Waals surface area contributed by atoms with Crippen molar-refractivity contribution < 1.29 is 14.2 Å². The molecule has 0 saturated carbocycles. The molecule has 2 aromatic carbocycles. The van der Waals surface area contributed by atoms with Crippen molar-refractivity contribution in [3.63, 3.8) is 0 Å². The summed E-state index contributed by atoms with van der Waals surface area (Å²) >= 11 is 0. The van der Waals surface area contributed by atoms with E-state index in [1.54, 1.807) is 14.2 Å². The van der Waals surface area contributed by atoms with E-state index in [1.165, 1.54) is 6.40 Å². The number of hydrogen-bond acceptors (Lipinski definition) is 4. The van der Waals surface area contributed by atoms with E-state index in [2.05, 4.69) is 17.1 Å². The highest BCUT2D eigenvalue weighted by atomic mass is 16.5. The van der Waals surface area contributed by atoms with Crippen molar-refractivity contribution in [1.29, 1.82) is 0 Å². The van der Waals surface area contributed by atoms with Gasteiger partial charge in [-0.2, -0.15) is 0 Å². The second-order valence-electron chi connectivity index (χ2n) is 4.78. The van der Waals surface area contributed by atoms with E-state index in [9.17, 15) is 0 Å². The van der Waals surface area contributed by atoms with Gasteiger partial charge in [-0.15, -0.1) is 0 Å². The molecule has 0 N–H and O–H groups in total. The summed E-state index contributed by atoms with van der Waals surface area (Å²) in [7, 11) is 3.25. The first-order valence-electron chi connectivity index (χ1n) is 6.77. The molecule has 0 bridgehead atoms. The Labute approximate surface area is 124 Å². The van der Waals surface area contributed by atoms with E-state index in [-0.39, 0.29) is 12.1 Å². The van der Waals surface area contributed by atoms with Crippen LogP contribution in [0.2, 0.25) is 0 Å². The number of nitrogens with zero attached hydrogens (tertiary/aromatic N) is 1. The standard InChI is InChI=1S/C17H17NO3/c1-19-14-9-8-13(10-15(14)20-2)17-16(18-11-21-17)12-6-4-3-5-7-12/h3-11,16-17H,1-2H3. The minimum Gasteiger partial charge on any atom is -0.493 e. The Morgan fingerprint density at radius 1 is 0.905 bits per heavy atom. The highest BCUT2D eigenvalue weighted by molar-refractivity contribution is 5.53. The Bertz CT molecular complexity index is 640. The Balaban J connectivity index is 1.93. The topological polar surface area (TPSA) is 40.0 Å². The quantitative estimate of drug-likeness (QED) is 0.861. The van der Waals surface area contributed by atoms with Crippen LogP contribution in [0.3, 0.4) is 0 Å². The molecule has 1 aliphatic heterocycles. The summed E-state index contributed by atoms with van der Waals surface area (Å²) in [6.07, 6.45) is 1.38. The molecule has 0 aromatic heterocycles. The SMILES string of the molecule is COc1ccc(C2OC=NC2c2ccccc2)cc1OC. The normalized spacial score (nSPS) is 20.1. The van der Waals surface area contributed by atoms with E-state index < -0.39 is 0 Å². The summed E-state index contributed by atoms with van der Waals surface area (Å²) in [5, 5.41) is 0. The Kier molecular flexibility index (Phi) is 3.77. The molecular weight excluding hydrogens is 266 g/mol. The number of benzene rings is 2. The zero-order valence-corrected chi connectivity index (χ0v) is 12.0. The third kappa shape index (κ3) is 2.57. The highest BCUT2D eigenvalue weighted by Crippen LogP contribution is 2.40. The van der Waals surface area contributed by atoms with Crippen molar-refractivity contribution in [3.05, 3.63) is 59.7 Å². The summed E-state index contributed by atoms with van der Waals surface area (Å²) in [5.41, 5.74) is 2.14. The molecule has 3 rings (SSSR count). The average Bonchev–Trinajstić information content (AvgIpc) is 3.04. The van der Waals surface area contributed by atoms with Gasteiger partial charge in [0.05, 0.1) is 14.2 Å². The third-order valence-corrected chi connectivity index (χ3v) is 3.59. The maximum absolute atomic E-state index is 5.69. The lowest BCUT2D eigenvalue weighted by atomic mass is 9.96.